The highest BCUT2D eigenvalue weighted by atomic mass is 127. The molecule has 0 bridgehead atoms. The van der Waals surface area contributed by atoms with Crippen LogP contribution in [0.1, 0.15) is 18.9 Å². The van der Waals surface area contributed by atoms with Crippen molar-refractivity contribution in [2.24, 2.45) is 0 Å². The molecule has 33 heavy (non-hydrogen) atoms. The first-order chi connectivity index (χ1) is 15.8. The van der Waals surface area contributed by atoms with Gasteiger partial charge in [0.05, 0.1) is 16.2 Å². The number of ether oxygens (including phenoxy) is 1. The standard InChI is InChI=1S/C24H26FIN2O5/c1-15(30)28(14-16-6-2-3-7-18(16)25)20-12-17(24(32)27-10-11-29)13-22(23(20)31)33-21-9-5-4-8-19(21)26/h2-9,13,20,22-23,29,31H,10-12,14H2,1H3,(H,27,32). The van der Waals surface area contributed by atoms with Crippen molar-refractivity contribution in [3.8, 4) is 5.75 Å². The van der Waals surface area contributed by atoms with Gasteiger partial charge in [-0.3, -0.25) is 9.59 Å². The SMILES string of the molecule is CC(=O)N(Cc1ccccc1F)C1CC(C(=O)NCCO)=CC(Oc2ccccc2I)C1O. The van der Waals surface area contributed by atoms with Crippen LogP contribution in [0.25, 0.3) is 0 Å². The fourth-order valence-corrected chi connectivity index (χ4v) is 4.25. The zero-order valence-electron chi connectivity index (χ0n) is 18.1. The zero-order valence-corrected chi connectivity index (χ0v) is 20.2. The summed E-state index contributed by atoms with van der Waals surface area (Å²) in [5, 5.41) is 22.8. The van der Waals surface area contributed by atoms with Crippen molar-refractivity contribution >= 4 is 34.4 Å². The average molecular weight is 568 g/mol. The topological polar surface area (TPSA) is 99.1 Å². The number of halogens is 2. The third-order valence-corrected chi connectivity index (χ3v) is 6.31. The summed E-state index contributed by atoms with van der Waals surface area (Å²) in [6.07, 6.45) is -0.487. The quantitative estimate of drug-likeness (QED) is 0.425. The molecule has 2 aromatic carbocycles. The number of amides is 2. The van der Waals surface area contributed by atoms with Crippen LogP contribution in [0.5, 0.6) is 5.75 Å². The molecule has 3 N–H and O–H groups in total. The Morgan fingerprint density at radius 1 is 1.21 bits per heavy atom. The first-order valence-corrected chi connectivity index (χ1v) is 11.6. The van der Waals surface area contributed by atoms with Gasteiger partial charge in [0.15, 0.2) is 0 Å². The van der Waals surface area contributed by atoms with Crippen LogP contribution in [0.15, 0.2) is 60.2 Å². The van der Waals surface area contributed by atoms with E-state index < -0.39 is 30.0 Å². The van der Waals surface area contributed by atoms with Crippen molar-refractivity contribution in [3.63, 3.8) is 0 Å². The molecule has 0 spiro atoms. The van der Waals surface area contributed by atoms with E-state index in [9.17, 15) is 19.1 Å². The van der Waals surface area contributed by atoms with Crippen molar-refractivity contribution in [2.45, 2.75) is 38.1 Å². The maximum Gasteiger partial charge on any atom is 0.247 e. The van der Waals surface area contributed by atoms with E-state index in [1.807, 2.05) is 12.1 Å². The number of hydrogen-bond acceptors (Lipinski definition) is 5. The summed E-state index contributed by atoms with van der Waals surface area (Å²) in [5.41, 5.74) is 0.616. The molecule has 0 heterocycles. The van der Waals surface area contributed by atoms with Gasteiger partial charge in [0, 0.05) is 37.6 Å². The lowest BCUT2D eigenvalue weighted by Crippen LogP contribution is -2.54. The molecule has 3 atom stereocenters. The second-order valence-corrected chi connectivity index (χ2v) is 8.85. The van der Waals surface area contributed by atoms with Gasteiger partial charge >= 0.3 is 0 Å². The minimum absolute atomic E-state index is 0.0538. The fourth-order valence-electron chi connectivity index (χ4n) is 3.74. The summed E-state index contributed by atoms with van der Waals surface area (Å²) in [7, 11) is 0. The van der Waals surface area contributed by atoms with Crippen molar-refractivity contribution < 1.29 is 28.9 Å². The molecule has 0 aromatic heterocycles. The first-order valence-electron chi connectivity index (χ1n) is 10.5. The lowest BCUT2D eigenvalue weighted by molar-refractivity contribution is -0.137. The Kier molecular flexibility index (Phi) is 8.81. The van der Waals surface area contributed by atoms with Crippen molar-refractivity contribution in [3.05, 3.63) is 75.1 Å². The number of carbonyl (C=O) groups excluding carboxylic acids is 2. The molecule has 3 unspecified atom stereocenters. The Morgan fingerprint density at radius 3 is 2.58 bits per heavy atom. The summed E-state index contributed by atoms with van der Waals surface area (Å²) in [6.45, 7) is 1.12. The number of rotatable bonds is 8. The number of hydrogen-bond donors (Lipinski definition) is 3. The second kappa shape index (κ2) is 11.6. The Hall–Kier alpha value is -2.50. The minimum atomic E-state index is -1.16. The molecule has 0 fully saturated rings. The molecule has 0 saturated carbocycles. The maximum absolute atomic E-state index is 14.3. The number of carbonyl (C=O) groups is 2. The van der Waals surface area contributed by atoms with Crippen LogP contribution in [-0.2, 0) is 16.1 Å². The predicted molar refractivity (Wildman–Crippen MR) is 129 cm³/mol. The lowest BCUT2D eigenvalue weighted by Gasteiger charge is -2.40. The summed E-state index contributed by atoms with van der Waals surface area (Å²) in [4.78, 5) is 26.6. The van der Waals surface area contributed by atoms with E-state index in [2.05, 4.69) is 27.9 Å². The van der Waals surface area contributed by atoms with E-state index in [0.29, 0.717) is 16.9 Å². The molecule has 0 saturated heterocycles. The zero-order chi connectivity index (χ0) is 24.0. The number of para-hydroxylation sites is 1. The van der Waals surface area contributed by atoms with Gasteiger partial charge in [-0.05, 0) is 46.9 Å². The van der Waals surface area contributed by atoms with Crippen LogP contribution >= 0.6 is 22.6 Å². The van der Waals surface area contributed by atoms with Crippen LogP contribution in [0, 0.1) is 9.39 Å². The van der Waals surface area contributed by atoms with E-state index >= 15 is 0 Å². The summed E-state index contributed by atoms with van der Waals surface area (Å²) < 4.78 is 21.2. The van der Waals surface area contributed by atoms with Gasteiger partial charge in [-0.15, -0.1) is 0 Å². The average Bonchev–Trinajstić information content (AvgIpc) is 2.79. The van der Waals surface area contributed by atoms with Gasteiger partial charge in [-0.1, -0.05) is 30.3 Å². The van der Waals surface area contributed by atoms with Gasteiger partial charge in [-0.2, -0.15) is 0 Å². The Morgan fingerprint density at radius 2 is 1.91 bits per heavy atom. The van der Waals surface area contributed by atoms with E-state index in [1.165, 1.54) is 17.9 Å². The molecular weight excluding hydrogens is 542 g/mol. The Balaban J connectivity index is 1.94. The van der Waals surface area contributed by atoms with Crippen LogP contribution in [0.3, 0.4) is 0 Å². The highest BCUT2D eigenvalue weighted by molar-refractivity contribution is 14.1. The summed E-state index contributed by atoms with van der Waals surface area (Å²) in [5.74, 6) is -0.728. The Labute approximate surface area is 205 Å². The molecule has 2 amide bonds. The van der Waals surface area contributed by atoms with Crippen LogP contribution in [0.2, 0.25) is 0 Å². The molecule has 0 radical (unpaired) electrons. The summed E-state index contributed by atoms with van der Waals surface area (Å²) in [6, 6.07) is 12.5. The summed E-state index contributed by atoms with van der Waals surface area (Å²) >= 11 is 2.11. The smallest absolute Gasteiger partial charge is 0.247 e. The van der Waals surface area contributed by atoms with E-state index in [0.717, 1.165) is 3.57 Å². The normalized spacial score (nSPS) is 20.0. The van der Waals surface area contributed by atoms with Gasteiger partial charge in [-0.25, -0.2) is 4.39 Å². The van der Waals surface area contributed by atoms with Crippen molar-refractivity contribution in [2.75, 3.05) is 13.2 Å². The molecule has 1 aliphatic rings. The van der Waals surface area contributed by atoms with Crippen molar-refractivity contribution in [1.82, 2.24) is 10.2 Å². The fraction of sp³-hybridized carbons (Fsp3) is 0.333. The van der Waals surface area contributed by atoms with Crippen LogP contribution < -0.4 is 10.1 Å². The number of nitrogens with one attached hydrogen (secondary N) is 1. The number of nitrogens with zero attached hydrogens (tertiary/aromatic N) is 1. The molecule has 176 valence electrons. The molecule has 1 aliphatic carbocycles. The largest absolute Gasteiger partial charge is 0.482 e. The van der Waals surface area contributed by atoms with Gasteiger partial charge < -0.3 is 25.2 Å². The monoisotopic (exact) mass is 568 g/mol. The molecule has 7 nitrogen and oxygen atoms in total. The Bertz CT molecular complexity index is 1030. The van der Waals surface area contributed by atoms with Gasteiger partial charge in [0.2, 0.25) is 11.8 Å². The third-order valence-electron chi connectivity index (χ3n) is 5.42. The van der Waals surface area contributed by atoms with E-state index in [1.54, 1.807) is 36.4 Å². The van der Waals surface area contributed by atoms with Crippen LogP contribution in [-0.4, -0.2) is 58.3 Å². The van der Waals surface area contributed by atoms with E-state index in [4.69, 9.17) is 9.84 Å². The number of aliphatic hydroxyl groups excluding tert-OH is 2. The molecular formula is C24H26FIN2O5. The molecule has 3 rings (SSSR count). The number of benzene rings is 2. The van der Waals surface area contributed by atoms with Gasteiger partial charge in [0.25, 0.3) is 0 Å². The minimum Gasteiger partial charge on any atom is -0.482 e. The second-order valence-electron chi connectivity index (χ2n) is 7.68. The van der Waals surface area contributed by atoms with Gasteiger partial charge in [0.1, 0.15) is 23.8 Å². The molecule has 2 aromatic rings. The lowest BCUT2D eigenvalue weighted by atomic mass is 9.88. The highest BCUT2D eigenvalue weighted by Crippen LogP contribution is 2.30. The number of aliphatic hydroxyl groups is 2. The van der Waals surface area contributed by atoms with Crippen molar-refractivity contribution in [1.29, 1.82) is 0 Å². The third kappa shape index (κ3) is 6.30. The highest BCUT2D eigenvalue weighted by Gasteiger charge is 2.40. The maximum atomic E-state index is 14.3. The van der Waals surface area contributed by atoms with Crippen LogP contribution in [0.4, 0.5) is 4.39 Å². The molecule has 0 aliphatic heterocycles. The molecule has 9 heteroatoms. The first kappa shape index (κ1) is 25.1. The predicted octanol–water partition coefficient (Wildman–Crippen LogP) is 2.39. The van der Waals surface area contributed by atoms with E-state index in [-0.39, 0.29) is 32.0 Å².